The van der Waals surface area contributed by atoms with Gasteiger partial charge in [-0.15, -0.1) is 0 Å². The highest BCUT2D eigenvalue weighted by Gasteiger charge is 2.22. The third-order valence-electron chi connectivity index (χ3n) is 4.43. The van der Waals surface area contributed by atoms with E-state index >= 15 is 0 Å². The van der Waals surface area contributed by atoms with E-state index in [2.05, 4.69) is 58.7 Å². The number of amides is 1. The van der Waals surface area contributed by atoms with Crippen LogP contribution in [0.4, 0.5) is 11.4 Å². The molecule has 0 saturated heterocycles. The molecule has 0 fully saturated rings. The van der Waals surface area contributed by atoms with Gasteiger partial charge in [0.25, 0.3) is 0 Å². The molecule has 1 aliphatic rings. The third-order valence-corrected chi connectivity index (χ3v) is 5.56. The minimum atomic E-state index is 0.0713. The first kappa shape index (κ1) is 16.7. The molecule has 1 amide bonds. The van der Waals surface area contributed by atoms with E-state index in [0.717, 1.165) is 5.56 Å². The molecular formula is C22H20N2OS. The summed E-state index contributed by atoms with van der Waals surface area (Å²) in [6, 6.07) is 26.7. The number of rotatable bonds is 5. The average molecular weight is 360 g/mol. The predicted molar refractivity (Wildman–Crippen MR) is 107 cm³/mol. The summed E-state index contributed by atoms with van der Waals surface area (Å²) in [5.74, 6) is 0.0713. The molecule has 4 heteroatoms. The van der Waals surface area contributed by atoms with Gasteiger partial charge in [0.15, 0.2) is 0 Å². The van der Waals surface area contributed by atoms with Crippen molar-refractivity contribution in [1.82, 2.24) is 5.32 Å². The van der Waals surface area contributed by atoms with Gasteiger partial charge in [0, 0.05) is 29.3 Å². The van der Waals surface area contributed by atoms with Gasteiger partial charge in [-0.25, -0.2) is 0 Å². The molecule has 130 valence electrons. The number of anilines is 2. The molecule has 1 aliphatic heterocycles. The zero-order valence-electron chi connectivity index (χ0n) is 14.4. The smallest absolute Gasteiger partial charge is 0.222 e. The van der Waals surface area contributed by atoms with Gasteiger partial charge in [0.2, 0.25) is 5.91 Å². The van der Waals surface area contributed by atoms with Gasteiger partial charge in [-0.1, -0.05) is 66.4 Å². The highest BCUT2D eigenvalue weighted by molar-refractivity contribution is 7.99. The Balaban J connectivity index is 1.45. The quantitative estimate of drug-likeness (QED) is 0.695. The van der Waals surface area contributed by atoms with Crippen LogP contribution in [0.5, 0.6) is 0 Å². The summed E-state index contributed by atoms with van der Waals surface area (Å²) in [4.78, 5) is 17.1. The number of para-hydroxylation sites is 2. The Morgan fingerprint density at radius 3 is 2.04 bits per heavy atom. The van der Waals surface area contributed by atoms with Crippen molar-refractivity contribution in [3.63, 3.8) is 0 Å². The monoisotopic (exact) mass is 360 g/mol. The Morgan fingerprint density at radius 2 is 1.38 bits per heavy atom. The largest absolute Gasteiger partial charge is 0.352 e. The van der Waals surface area contributed by atoms with Gasteiger partial charge in [0.05, 0.1) is 11.4 Å². The number of nitrogens with one attached hydrogen (secondary N) is 1. The molecular weight excluding hydrogens is 340 g/mol. The maximum Gasteiger partial charge on any atom is 0.222 e. The SMILES string of the molecule is O=C(CCN1c2ccccc2Sc2ccccc21)NCc1ccccc1. The van der Waals surface area contributed by atoms with E-state index in [9.17, 15) is 4.79 Å². The van der Waals surface area contributed by atoms with Crippen molar-refractivity contribution in [2.75, 3.05) is 11.4 Å². The van der Waals surface area contributed by atoms with Crippen molar-refractivity contribution in [1.29, 1.82) is 0 Å². The second kappa shape index (κ2) is 7.67. The molecule has 0 aromatic heterocycles. The summed E-state index contributed by atoms with van der Waals surface area (Å²) in [5.41, 5.74) is 3.46. The second-order valence-corrected chi connectivity index (χ2v) is 7.29. The molecule has 0 bridgehead atoms. The van der Waals surface area contributed by atoms with Crippen molar-refractivity contribution >= 4 is 29.0 Å². The summed E-state index contributed by atoms with van der Waals surface area (Å²) in [7, 11) is 0. The minimum Gasteiger partial charge on any atom is -0.352 e. The Morgan fingerprint density at radius 1 is 0.808 bits per heavy atom. The summed E-state index contributed by atoms with van der Waals surface area (Å²) in [5, 5.41) is 3.02. The van der Waals surface area contributed by atoms with E-state index in [4.69, 9.17) is 0 Å². The van der Waals surface area contributed by atoms with Gasteiger partial charge in [0.1, 0.15) is 0 Å². The fraction of sp³-hybridized carbons (Fsp3) is 0.136. The van der Waals surface area contributed by atoms with Crippen LogP contribution in [0.2, 0.25) is 0 Å². The van der Waals surface area contributed by atoms with Crippen LogP contribution in [0.25, 0.3) is 0 Å². The van der Waals surface area contributed by atoms with Crippen LogP contribution in [0.15, 0.2) is 88.7 Å². The molecule has 0 saturated carbocycles. The fourth-order valence-corrected chi connectivity index (χ4v) is 4.22. The minimum absolute atomic E-state index is 0.0713. The van der Waals surface area contributed by atoms with Crippen molar-refractivity contribution < 1.29 is 4.79 Å². The molecule has 0 aliphatic carbocycles. The Labute approximate surface area is 158 Å². The van der Waals surface area contributed by atoms with E-state index < -0.39 is 0 Å². The molecule has 0 unspecified atom stereocenters. The van der Waals surface area contributed by atoms with Gasteiger partial charge < -0.3 is 10.2 Å². The van der Waals surface area contributed by atoms with Gasteiger partial charge in [-0.05, 0) is 29.8 Å². The number of carbonyl (C=O) groups is 1. The number of fused-ring (bicyclic) bond motifs is 2. The van der Waals surface area contributed by atoms with Gasteiger partial charge in [-0.2, -0.15) is 0 Å². The molecule has 3 nitrogen and oxygen atoms in total. The van der Waals surface area contributed by atoms with Gasteiger partial charge in [-0.3, -0.25) is 4.79 Å². The van der Waals surface area contributed by atoms with Crippen LogP contribution >= 0.6 is 11.8 Å². The zero-order chi connectivity index (χ0) is 17.8. The fourth-order valence-electron chi connectivity index (χ4n) is 3.12. The molecule has 1 N–H and O–H groups in total. The number of benzene rings is 3. The number of nitrogens with zero attached hydrogens (tertiary/aromatic N) is 1. The summed E-state index contributed by atoms with van der Waals surface area (Å²) >= 11 is 1.79. The highest BCUT2D eigenvalue weighted by atomic mass is 32.2. The maximum absolute atomic E-state index is 12.3. The van der Waals surface area contributed by atoms with E-state index in [1.807, 2.05) is 30.3 Å². The van der Waals surface area contributed by atoms with E-state index in [1.54, 1.807) is 11.8 Å². The van der Waals surface area contributed by atoms with Crippen molar-refractivity contribution in [3.8, 4) is 0 Å². The summed E-state index contributed by atoms with van der Waals surface area (Å²) in [6.07, 6.45) is 0.459. The third kappa shape index (κ3) is 3.60. The molecule has 0 spiro atoms. The number of hydrogen-bond donors (Lipinski definition) is 1. The molecule has 3 aromatic carbocycles. The number of carbonyl (C=O) groups excluding carboxylic acids is 1. The van der Waals surface area contributed by atoms with Crippen molar-refractivity contribution in [2.45, 2.75) is 22.8 Å². The normalized spacial score (nSPS) is 12.2. The Bertz CT molecular complexity index is 865. The molecule has 4 rings (SSSR count). The first-order valence-corrected chi connectivity index (χ1v) is 9.57. The van der Waals surface area contributed by atoms with Crippen LogP contribution in [0.3, 0.4) is 0 Å². The lowest BCUT2D eigenvalue weighted by Crippen LogP contribution is -2.29. The van der Waals surface area contributed by atoms with Crippen molar-refractivity contribution in [3.05, 3.63) is 84.4 Å². The standard InChI is InChI=1S/C22H20N2OS/c25-22(23-16-17-8-2-1-3-9-17)14-15-24-18-10-4-6-12-20(18)26-21-13-7-5-11-19(21)24/h1-13H,14-16H2,(H,23,25). The van der Waals surface area contributed by atoms with E-state index in [0.29, 0.717) is 19.5 Å². The highest BCUT2D eigenvalue weighted by Crippen LogP contribution is 2.47. The zero-order valence-corrected chi connectivity index (χ0v) is 15.2. The molecule has 0 radical (unpaired) electrons. The first-order valence-electron chi connectivity index (χ1n) is 8.75. The lowest BCUT2D eigenvalue weighted by molar-refractivity contribution is -0.121. The molecule has 0 atom stereocenters. The maximum atomic E-state index is 12.3. The van der Waals surface area contributed by atoms with Crippen molar-refractivity contribution in [2.24, 2.45) is 0 Å². The molecule has 1 heterocycles. The molecule has 3 aromatic rings. The lowest BCUT2D eigenvalue weighted by Gasteiger charge is -2.32. The second-order valence-electron chi connectivity index (χ2n) is 6.20. The summed E-state index contributed by atoms with van der Waals surface area (Å²) in [6.45, 7) is 1.23. The Hall–Kier alpha value is -2.72. The van der Waals surface area contributed by atoms with Crippen LogP contribution < -0.4 is 10.2 Å². The van der Waals surface area contributed by atoms with Gasteiger partial charge >= 0.3 is 0 Å². The first-order chi connectivity index (χ1) is 12.8. The van der Waals surface area contributed by atoms with E-state index in [-0.39, 0.29) is 5.91 Å². The summed E-state index contributed by atoms with van der Waals surface area (Å²) < 4.78 is 0. The average Bonchev–Trinajstić information content (AvgIpc) is 2.70. The lowest BCUT2D eigenvalue weighted by atomic mass is 10.2. The Kier molecular flexibility index (Phi) is 4.93. The molecule has 26 heavy (non-hydrogen) atoms. The van der Waals surface area contributed by atoms with E-state index in [1.165, 1.54) is 21.2 Å². The predicted octanol–water partition coefficient (Wildman–Crippen LogP) is 5.00. The topological polar surface area (TPSA) is 32.3 Å². The van der Waals surface area contributed by atoms with Crippen LogP contribution in [0.1, 0.15) is 12.0 Å². The number of hydrogen-bond acceptors (Lipinski definition) is 3. The van der Waals surface area contributed by atoms with Crippen LogP contribution in [0, 0.1) is 0 Å². The van der Waals surface area contributed by atoms with Crippen LogP contribution in [-0.4, -0.2) is 12.5 Å². The van der Waals surface area contributed by atoms with Crippen LogP contribution in [-0.2, 0) is 11.3 Å².